The van der Waals surface area contributed by atoms with Crippen LogP contribution in [0.4, 0.5) is 0 Å². The second-order valence-electron chi connectivity index (χ2n) is 1.11. The Hall–Kier alpha value is 0.700. The Morgan fingerprint density at radius 2 is 2.14 bits per heavy atom. The van der Waals surface area contributed by atoms with Gasteiger partial charge in [-0.2, -0.15) is 23.5 Å². The predicted octanol–water partition coefficient (Wildman–Crippen LogP) is 2.08. The number of thioether (sulfide) groups is 2. The van der Waals surface area contributed by atoms with Gasteiger partial charge in [0.2, 0.25) is 0 Å². The van der Waals surface area contributed by atoms with Crippen LogP contribution < -0.4 is 0 Å². The SMILES string of the molecule is [CH3].[CH]1CSCCS1. The monoisotopic (exact) mass is 134 g/mol. The lowest BCUT2D eigenvalue weighted by Crippen LogP contribution is -1.92. The second kappa shape index (κ2) is 4.85. The summed E-state index contributed by atoms with van der Waals surface area (Å²) in [6, 6.07) is 0. The van der Waals surface area contributed by atoms with Gasteiger partial charge in [-0.1, -0.05) is 7.43 Å². The van der Waals surface area contributed by atoms with Crippen molar-refractivity contribution in [2.24, 2.45) is 0 Å². The van der Waals surface area contributed by atoms with Gasteiger partial charge >= 0.3 is 0 Å². The molecule has 0 nitrogen and oxygen atoms in total. The largest absolute Gasteiger partial charge is 0.160 e. The zero-order valence-corrected chi connectivity index (χ0v) is 6.15. The van der Waals surface area contributed by atoms with Crippen LogP contribution >= 0.6 is 23.5 Å². The van der Waals surface area contributed by atoms with E-state index in [1.807, 2.05) is 23.5 Å². The summed E-state index contributed by atoms with van der Waals surface area (Å²) < 4.78 is 0. The molecule has 1 rings (SSSR count). The fourth-order valence-corrected chi connectivity index (χ4v) is 2.33. The van der Waals surface area contributed by atoms with Crippen LogP contribution in [0.3, 0.4) is 0 Å². The molecule has 0 aromatic carbocycles. The van der Waals surface area contributed by atoms with Crippen molar-refractivity contribution in [3.8, 4) is 0 Å². The van der Waals surface area contributed by atoms with Crippen molar-refractivity contribution in [3.63, 3.8) is 0 Å². The molecule has 42 valence electrons. The van der Waals surface area contributed by atoms with Crippen LogP contribution in [0.25, 0.3) is 0 Å². The molecular formula is C5H10S2. The van der Waals surface area contributed by atoms with Gasteiger partial charge in [0, 0.05) is 23.0 Å². The zero-order chi connectivity index (χ0) is 4.24. The zero-order valence-electron chi connectivity index (χ0n) is 4.52. The van der Waals surface area contributed by atoms with Crippen molar-refractivity contribution < 1.29 is 0 Å². The molecule has 1 saturated heterocycles. The van der Waals surface area contributed by atoms with E-state index < -0.39 is 0 Å². The fraction of sp³-hybridized carbons (Fsp3) is 0.600. The van der Waals surface area contributed by atoms with E-state index in [1.165, 1.54) is 17.3 Å². The van der Waals surface area contributed by atoms with Gasteiger partial charge in [-0.05, 0) is 0 Å². The maximum absolute atomic E-state index is 2.27. The minimum absolute atomic E-state index is 0. The van der Waals surface area contributed by atoms with E-state index >= 15 is 0 Å². The number of hydrogen-bond acceptors (Lipinski definition) is 2. The van der Waals surface area contributed by atoms with Gasteiger partial charge in [-0.3, -0.25) is 0 Å². The highest BCUT2D eigenvalue weighted by Crippen LogP contribution is 2.18. The molecule has 2 heteroatoms. The van der Waals surface area contributed by atoms with Crippen LogP contribution in [0.15, 0.2) is 0 Å². The summed E-state index contributed by atoms with van der Waals surface area (Å²) in [5, 5.41) is 0. The third-order valence-electron chi connectivity index (χ3n) is 0.649. The lowest BCUT2D eigenvalue weighted by molar-refractivity contribution is 1.50. The van der Waals surface area contributed by atoms with Crippen LogP contribution in [0, 0.1) is 13.2 Å². The topological polar surface area (TPSA) is 0 Å². The Morgan fingerprint density at radius 3 is 2.29 bits per heavy atom. The minimum atomic E-state index is 0. The van der Waals surface area contributed by atoms with Crippen molar-refractivity contribution in [1.82, 2.24) is 0 Å². The molecule has 2 radical (unpaired) electrons. The molecule has 0 aliphatic carbocycles. The quantitative estimate of drug-likeness (QED) is 0.497. The maximum atomic E-state index is 2.27. The lowest BCUT2D eigenvalue weighted by atomic mass is 10.9. The van der Waals surface area contributed by atoms with Crippen molar-refractivity contribution in [2.75, 3.05) is 17.3 Å². The van der Waals surface area contributed by atoms with Gasteiger partial charge in [-0.15, -0.1) is 0 Å². The predicted molar refractivity (Wildman–Crippen MR) is 40.5 cm³/mol. The standard InChI is InChI=1S/C4H7S2.CH3/c1-2-6-4-3-5-1;/h1H,2-4H2;1H3. The normalized spacial score (nSPS) is 20.6. The molecule has 0 aromatic rings. The Morgan fingerprint density at radius 1 is 1.29 bits per heavy atom. The lowest BCUT2D eigenvalue weighted by Gasteiger charge is -2.05. The first-order valence-corrected chi connectivity index (χ1v) is 4.21. The third kappa shape index (κ3) is 3.30. The summed E-state index contributed by atoms with van der Waals surface area (Å²) >= 11 is 3.97. The van der Waals surface area contributed by atoms with Gasteiger partial charge in [0.05, 0.1) is 0 Å². The molecule has 1 aliphatic heterocycles. The smallest absolute Gasteiger partial charge is 0.0265 e. The third-order valence-corrected chi connectivity index (χ3v) is 2.86. The Balaban J connectivity index is 0.000000360. The van der Waals surface area contributed by atoms with Crippen molar-refractivity contribution >= 4 is 23.5 Å². The summed E-state index contributed by atoms with van der Waals surface area (Å²) in [4.78, 5) is 0. The molecular weight excluding hydrogens is 124 g/mol. The van der Waals surface area contributed by atoms with Crippen LogP contribution in [0.2, 0.25) is 0 Å². The van der Waals surface area contributed by atoms with E-state index in [9.17, 15) is 0 Å². The van der Waals surface area contributed by atoms with Crippen LogP contribution in [-0.4, -0.2) is 17.3 Å². The summed E-state index contributed by atoms with van der Waals surface area (Å²) in [5.41, 5.74) is 0. The molecule has 0 aromatic heterocycles. The first-order valence-electron chi connectivity index (χ1n) is 2.01. The van der Waals surface area contributed by atoms with E-state index in [-0.39, 0.29) is 7.43 Å². The van der Waals surface area contributed by atoms with Gasteiger partial charge in [0.15, 0.2) is 0 Å². The van der Waals surface area contributed by atoms with Gasteiger partial charge < -0.3 is 0 Å². The second-order valence-corrected chi connectivity index (χ2v) is 3.34. The Kier molecular flexibility index (Phi) is 5.33. The van der Waals surface area contributed by atoms with Crippen LogP contribution in [-0.2, 0) is 0 Å². The van der Waals surface area contributed by atoms with Crippen molar-refractivity contribution in [2.45, 2.75) is 0 Å². The van der Waals surface area contributed by atoms with E-state index in [4.69, 9.17) is 0 Å². The highest BCUT2D eigenvalue weighted by molar-refractivity contribution is 8.07. The molecule has 1 aliphatic rings. The molecule has 0 saturated carbocycles. The molecule has 0 unspecified atom stereocenters. The van der Waals surface area contributed by atoms with E-state index in [0.29, 0.717) is 0 Å². The molecule has 0 N–H and O–H groups in total. The molecule has 1 fully saturated rings. The Bertz CT molecular complexity index is 21.6. The first-order chi connectivity index (χ1) is 3.00. The summed E-state index contributed by atoms with van der Waals surface area (Å²) in [5.74, 6) is 6.20. The van der Waals surface area contributed by atoms with Crippen molar-refractivity contribution in [1.29, 1.82) is 0 Å². The maximum Gasteiger partial charge on any atom is 0.0265 e. The van der Waals surface area contributed by atoms with Gasteiger partial charge in [0.1, 0.15) is 0 Å². The van der Waals surface area contributed by atoms with Gasteiger partial charge in [0.25, 0.3) is 0 Å². The van der Waals surface area contributed by atoms with Crippen molar-refractivity contribution in [3.05, 3.63) is 13.2 Å². The van der Waals surface area contributed by atoms with E-state index in [1.54, 1.807) is 0 Å². The molecule has 0 atom stereocenters. The fourth-order valence-electron chi connectivity index (χ4n) is 0.370. The minimum Gasteiger partial charge on any atom is -0.160 e. The highest BCUT2D eigenvalue weighted by Gasteiger charge is 1.96. The summed E-state index contributed by atoms with van der Waals surface area (Å²) in [7, 11) is 0. The molecule has 0 spiro atoms. The summed E-state index contributed by atoms with van der Waals surface area (Å²) in [6.07, 6.45) is 0. The molecule has 0 bridgehead atoms. The number of rotatable bonds is 0. The van der Waals surface area contributed by atoms with E-state index in [2.05, 4.69) is 5.75 Å². The van der Waals surface area contributed by atoms with Crippen LogP contribution in [0.1, 0.15) is 0 Å². The molecule has 1 heterocycles. The van der Waals surface area contributed by atoms with E-state index in [0.717, 1.165) is 0 Å². The highest BCUT2D eigenvalue weighted by atomic mass is 32.2. The first kappa shape index (κ1) is 7.70. The van der Waals surface area contributed by atoms with Crippen LogP contribution in [0.5, 0.6) is 0 Å². The average Bonchev–Trinajstić information content (AvgIpc) is 1.72. The van der Waals surface area contributed by atoms with Gasteiger partial charge in [-0.25, -0.2) is 0 Å². The number of hydrogen-bond donors (Lipinski definition) is 0. The Labute approximate surface area is 54.4 Å². The molecule has 0 amide bonds. The molecule has 7 heavy (non-hydrogen) atoms. The summed E-state index contributed by atoms with van der Waals surface area (Å²) in [6.45, 7) is 0. The average molecular weight is 134 g/mol.